The molecule has 0 radical (unpaired) electrons. The van der Waals surface area contributed by atoms with E-state index in [4.69, 9.17) is 4.74 Å². The van der Waals surface area contributed by atoms with Crippen molar-refractivity contribution in [2.75, 3.05) is 33.2 Å². The SMILES string of the molecule is CN1C[C@@H](CCN2CCC(C(O)(c3ccc(F)cc3)c3ccc(F)cc3)CC2)OC1=O. The van der Waals surface area contributed by atoms with Crippen LogP contribution in [0.4, 0.5) is 13.6 Å². The van der Waals surface area contributed by atoms with Crippen LogP contribution in [0.2, 0.25) is 0 Å². The van der Waals surface area contributed by atoms with Crippen molar-refractivity contribution in [2.24, 2.45) is 5.92 Å². The number of rotatable bonds is 6. The number of hydrogen-bond donors (Lipinski definition) is 1. The highest BCUT2D eigenvalue weighted by Crippen LogP contribution is 2.42. The molecular weight excluding hydrogens is 402 g/mol. The molecule has 2 aromatic rings. The second-order valence-corrected chi connectivity index (χ2v) is 8.57. The second-order valence-electron chi connectivity index (χ2n) is 8.57. The van der Waals surface area contributed by atoms with E-state index >= 15 is 0 Å². The van der Waals surface area contributed by atoms with Crippen LogP contribution < -0.4 is 0 Å². The first-order chi connectivity index (χ1) is 14.9. The summed E-state index contributed by atoms with van der Waals surface area (Å²) in [5.41, 5.74) is -0.100. The summed E-state index contributed by atoms with van der Waals surface area (Å²) in [6, 6.07) is 11.8. The molecule has 2 heterocycles. The van der Waals surface area contributed by atoms with Crippen LogP contribution in [0.3, 0.4) is 0 Å². The van der Waals surface area contributed by atoms with Crippen molar-refractivity contribution in [1.82, 2.24) is 9.80 Å². The number of piperidine rings is 1. The van der Waals surface area contributed by atoms with Crippen LogP contribution in [0.1, 0.15) is 30.4 Å². The number of ether oxygens (including phenoxy) is 1. The number of hydrogen-bond acceptors (Lipinski definition) is 4. The van der Waals surface area contributed by atoms with Crippen LogP contribution in [-0.2, 0) is 10.3 Å². The molecule has 0 aliphatic carbocycles. The normalized spacial score (nSPS) is 20.8. The van der Waals surface area contributed by atoms with Crippen molar-refractivity contribution in [3.05, 3.63) is 71.3 Å². The van der Waals surface area contributed by atoms with E-state index in [1.165, 1.54) is 24.3 Å². The van der Waals surface area contributed by atoms with E-state index in [9.17, 15) is 18.7 Å². The molecule has 1 amide bonds. The average molecular weight is 430 g/mol. The monoisotopic (exact) mass is 430 g/mol. The van der Waals surface area contributed by atoms with Crippen molar-refractivity contribution in [3.63, 3.8) is 0 Å². The molecule has 0 aromatic heterocycles. The molecule has 1 atom stereocenters. The molecule has 0 spiro atoms. The van der Waals surface area contributed by atoms with Gasteiger partial charge >= 0.3 is 6.09 Å². The van der Waals surface area contributed by atoms with Crippen LogP contribution in [0.15, 0.2) is 48.5 Å². The lowest BCUT2D eigenvalue weighted by atomic mass is 9.72. The zero-order valence-corrected chi connectivity index (χ0v) is 17.6. The number of likely N-dealkylation sites (N-methyl/N-ethyl adjacent to an activating group) is 1. The van der Waals surface area contributed by atoms with Gasteiger partial charge in [-0.1, -0.05) is 24.3 Å². The number of nitrogens with zero attached hydrogens (tertiary/aromatic N) is 2. The molecule has 2 saturated heterocycles. The minimum absolute atomic E-state index is 0.0782. The van der Waals surface area contributed by atoms with Gasteiger partial charge in [0, 0.05) is 13.6 Å². The van der Waals surface area contributed by atoms with Crippen molar-refractivity contribution in [3.8, 4) is 0 Å². The maximum absolute atomic E-state index is 13.5. The zero-order chi connectivity index (χ0) is 22.0. The Morgan fingerprint density at radius 1 is 1.00 bits per heavy atom. The molecule has 31 heavy (non-hydrogen) atoms. The summed E-state index contributed by atoms with van der Waals surface area (Å²) in [6.45, 7) is 3.03. The van der Waals surface area contributed by atoms with Crippen molar-refractivity contribution >= 4 is 6.09 Å². The number of halogens is 2. The minimum atomic E-state index is -1.32. The summed E-state index contributed by atoms with van der Waals surface area (Å²) >= 11 is 0. The Morgan fingerprint density at radius 2 is 1.52 bits per heavy atom. The van der Waals surface area contributed by atoms with Gasteiger partial charge in [0.05, 0.1) is 6.54 Å². The van der Waals surface area contributed by atoms with Crippen molar-refractivity contribution in [2.45, 2.75) is 31.0 Å². The molecule has 1 N–H and O–H groups in total. The number of aliphatic hydroxyl groups is 1. The Labute approximate surface area is 181 Å². The van der Waals surface area contributed by atoms with Crippen LogP contribution >= 0.6 is 0 Å². The maximum Gasteiger partial charge on any atom is 0.409 e. The first-order valence-electron chi connectivity index (χ1n) is 10.7. The Morgan fingerprint density at radius 3 is 1.97 bits per heavy atom. The largest absolute Gasteiger partial charge is 0.444 e. The van der Waals surface area contributed by atoms with E-state index in [1.807, 2.05) is 0 Å². The van der Waals surface area contributed by atoms with Crippen molar-refractivity contribution < 1.29 is 23.4 Å². The number of cyclic esters (lactones) is 1. The van der Waals surface area contributed by atoms with E-state index < -0.39 is 5.60 Å². The predicted molar refractivity (Wildman–Crippen MR) is 112 cm³/mol. The number of amides is 1. The predicted octanol–water partition coefficient (Wildman–Crippen LogP) is 3.75. The van der Waals surface area contributed by atoms with Gasteiger partial charge in [-0.15, -0.1) is 0 Å². The van der Waals surface area contributed by atoms with Gasteiger partial charge in [-0.2, -0.15) is 0 Å². The lowest BCUT2D eigenvalue weighted by Crippen LogP contribution is -2.44. The molecule has 0 unspecified atom stereocenters. The second kappa shape index (κ2) is 8.93. The molecule has 5 nitrogen and oxygen atoms in total. The standard InChI is InChI=1S/C24H28F2N2O3/c1-27-16-22(31-23(27)29)12-15-28-13-10-19(11-14-28)24(30,17-2-6-20(25)7-3-17)18-4-8-21(26)9-5-18/h2-9,19,22,30H,10-16H2,1H3/t22-/m1/s1. The van der Waals surface area contributed by atoms with Crippen LogP contribution in [0.25, 0.3) is 0 Å². The quantitative estimate of drug-likeness (QED) is 0.759. The summed E-state index contributed by atoms with van der Waals surface area (Å²) in [5.74, 6) is -0.813. The highest BCUT2D eigenvalue weighted by Gasteiger charge is 2.41. The van der Waals surface area contributed by atoms with Gasteiger partial charge in [0.2, 0.25) is 0 Å². The van der Waals surface area contributed by atoms with Crippen LogP contribution in [0, 0.1) is 17.6 Å². The molecule has 7 heteroatoms. The highest BCUT2D eigenvalue weighted by molar-refractivity contribution is 5.69. The third-order valence-electron chi connectivity index (χ3n) is 6.57. The van der Waals surface area contributed by atoms with Crippen LogP contribution in [0.5, 0.6) is 0 Å². The summed E-state index contributed by atoms with van der Waals surface area (Å²) in [6.07, 6.45) is 1.92. The first kappa shape index (κ1) is 21.7. The van der Waals surface area contributed by atoms with Gasteiger partial charge in [-0.25, -0.2) is 13.6 Å². The Hall–Kier alpha value is -2.51. The van der Waals surface area contributed by atoms with Gasteiger partial charge in [0.1, 0.15) is 23.3 Å². The third-order valence-corrected chi connectivity index (χ3v) is 6.57. The van der Waals surface area contributed by atoms with Crippen molar-refractivity contribution in [1.29, 1.82) is 0 Å². The Kier molecular flexibility index (Phi) is 6.25. The number of carbonyl (C=O) groups excluding carboxylic acids is 1. The van der Waals surface area contributed by atoms with Gasteiger partial charge in [0.25, 0.3) is 0 Å². The lowest BCUT2D eigenvalue weighted by Gasteiger charge is -2.42. The summed E-state index contributed by atoms with van der Waals surface area (Å²) < 4.78 is 32.4. The molecule has 0 bridgehead atoms. The lowest BCUT2D eigenvalue weighted by molar-refractivity contribution is -0.0155. The molecular formula is C24H28F2N2O3. The number of likely N-dealkylation sites (tertiary alicyclic amines) is 1. The topological polar surface area (TPSA) is 53.0 Å². The zero-order valence-electron chi connectivity index (χ0n) is 17.6. The molecule has 2 aromatic carbocycles. The van der Waals surface area contributed by atoms with E-state index in [-0.39, 0.29) is 29.7 Å². The average Bonchev–Trinajstić information content (AvgIpc) is 3.10. The Balaban J connectivity index is 1.45. The summed E-state index contributed by atoms with van der Waals surface area (Å²) in [4.78, 5) is 15.4. The fraction of sp³-hybridized carbons (Fsp3) is 0.458. The van der Waals surface area contributed by atoms with Gasteiger partial charge in [0.15, 0.2) is 0 Å². The summed E-state index contributed by atoms with van der Waals surface area (Å²) in [5, 5.41) is 11.9. The van der Waals surface area contributed by atoms with E-state index in [2.05, 4.69) is 4.90 Å². The van der Waals surface area contributed by atoms with Gasteiger partial charge in [-0.3, -0.25) is 0 Å². The molecule has 2 aliphatic heterocycles. The first-order valence-corrected chi connectivity index (χ1v) is 10.7. The van der Waals surface area contributed by atoms with Gasteiger partial charge in [-0.05, 0) is 73.7 Å². The smallest absolute Gasteiger partial charge is 0.409 e. The van der Waals surface area contributed by atoms with E-state index in [0.29, 0.717) is 17.7 Å². The van der Waals surface area contributed by atoms with E-state index in [1.54, 1.807) is 36.2 Å². The number of carbonyl (C=O) groups is 1. The maximum atomic E-state index is 13.5. The van der Waals surface area contributed by atoms with Gasteiger partial charge < -0.3 is 19.6 Å². The third kappa shape index (κ3) is 4.57. The molecule has 2 aliphatic rings. The van der Waals surface area contributed by atoms with Crippen LogP contribution in [-0.4, -0.2) is 60.3 Å². The Bertz CT molecular complexity index is 851. The molecule has 0 saturated carbocycles. The number of benzene rings is 2. The molecule has 166 valence electrons. The fourth-order valence-electron chi connectivity index (χ4n) is 4.75. The molecule has 4 rings (SSSR count). The molecule has 2 fully saturated rings. The minimum Gasteiger partial charge on any atom is -0.444 e. The highest BCUT2D eigenvalue weighted by atomic mass is 19.1. The summed E-state index contributed by atoms with van der Waals surface area (Å²) in [7, 11) is 1.74. The van der Waals surface area contributed by atoms with E-state index in [0.717, 1.165) is 38.9 Å². The fourth-order valence-corrected chi connectivity index (χ4v) is 4.75.